The third kappa shape index (κ3) is 8.60. The highest BCUT2D eigenvalue weighted by Gasteiger charge is 2.27. The molecule has 7 heteroatoms. The highest BCUT2D eigenvalue weighted by Crippen LogP contribution is 2.28. The Balaban J connectivity index is 1.16. The molecule has 0 saturated heterocycles. The second kappa shape index (κ2) is 15.7. The minimum atomic E-state index is -1.01. The van der Waals surface area contributed by atoms with Gasteiger partial charge in [-0.3, -0.25) is 9.59 Å². The van der Waals surface area contributed by atoms with Gasteiger partial charge in [-0.2, -0.15) is 0 Å². The Morgan fingerprint density at radius 1 is 0.800 bits per heavy atom. The summed E-state index contributed by atoms with van der Waals surface area (Å²) in [6.45, 7) is 1.03. The van der Waals surface area contributed by atoms with Crippen molar-refractivity contribution in [1.82, 2.24) is 0 Å². The van der Waals surface area contributed by atoms with Crippen molar-refractivity contribution in [2.45, 2.75) is 51.0 Å². The number of ketones is 1. The number of aliphatic carboxylic acids is 1. The molecule has 1 saturated carbocycles. The van der Waals surface area contributed by atoms with Crippen LogP contribution in [0.3, 0.4) is 0 Å². The number of amides is 1. The summed E-state index contributed by atoms with van der Waals surface area (Å²) in [5.74, 6) is -0.201. The molecule has 0 spiro atoms. The number of ether oxygens (including phenoxy) is 1. The molecule has 0 aliphatic heterocycles. The number of para-hydroxylation sites is 2. The van der Waals surface area contributed by atoms with Crippen LogP contribution in [-0.2, 0) is 16.0 Å². The third-order valence-corrected chi connectivity index (χ3v) is 8.28. The maximum atomic E-state index is 13.4. The lowest BCUT2D eigenvalue weighted by atomic mass is 9.88. The number of carbonyl (C=O) groups excluding carboxylic acids is 2. The van der Waals surface area contributed by atoms with E-state index in [1.165, 1.54) is 6.42 Å². The summed E-state index contributed by atoms with van der Waals surface area (Å²) >= 11 is 0. The van der Waals surface area contributed by atoms with Crippen molar-refractivity contribution in [3.8, 4) is 5.75 Å². The van der Waals surface area contributed by atoms with Crippen molar-refractivity contribution in [2.75, 3.05) is 23.4 Å². The van der Waals surface area contributed by atoms with Gasteiger partial charge in [0, 0.05) is 41.4 Å². The second-order valence-electron chi connectivity index (χ2n) is 11.5. The van der Waals surface area contributed by atoms with Crippen molar-refractivity contribution in [2.24, 2.45) is 5.92 Å². The quantitative estimate of drug-likeness (QED) is 0.115. The number of nitrogens with one attached hydrogen (secondary N) is 1. The summed E-state index contributed by atoms with van der Waals surface area (Å²) in [6, 6.07) is 32.2. The fraction of sp³-hybridized carbons (Fsp3) is 0.289. The van der Waals surface area contributed by atoms with E-state index in [0.717, 1.165) is 36.9 Å². The molecule has 0 heterocycles. The smallest absolute Gasteiger partial charge is 0.326 e. The minimum absolute atomic E-state index is 0.0920. The largest absolute Gasteiger partial charge is 0.494 e. The maximum Gasteiger partial charge on any atom is 0.326 e. The molecular formula is C38H40N2O5. The number of hydrogen-bond donors (Lipinski definition) is 2. The van der Waals surface area contributed by atoms with Crippen LogP contribution in [0.1, 0.15) is 60.0 Å². The van der Waals surface area contributed by atoms with Crippen molar-refractivity contribution < 1.29 is 24.2 Å². The number of carboxylic acids is 1. The topological polar surface area (TPSA) is 95.9 Å². The molecule has 4 aromatic rings. The maximum absolute atomic E-state index is 13.4. The van der Waals surface area contributed by atoms with Crippen molar-refractivity contribution in [3.05, 3.63) is 126 Å². The van der Waals surface area contributed by atoms with Crippen molar-refractivity contribution >= 4 is 29.0 Å². The molecule has 1 aliphatic rings. The van der Waals surface area contributed by atoms with Crippen molar-refractivity contribution in [1.29, 1.82) is 0 Å². The van der Waals surface area contributed by atoms with Gasteiger partial charge in [0.25, 0.3) is 0 Å². The van der Waals surface area contributed by atoms with Gasteiger partial charge in [0.05, 0.1) is 6.61 Å². The highest BCUT2D eigenvalue weighted by molar-refractivity contribution is 6.12. The lowest BCUT2D eigenvalue weighted by Gasteiger charge is -2.29. The monoisotopic (exact) mass is 604 g/mol. The zero-order valence-electron chi connectivity index (χ0n) is 25.4. The number of benzene rings is 4. The van der Waals surface area contributed by atoms with Crippen molar-refractivity contribution in [3.63, 3.8) is 0 Å². The van der Waals surface area contributed by atoms with Gasteiger partial charge in [0.1, 0.15) is 11.8 Å². The van der Waals surface area contributed by atoms with Crippen LogP contribution >= 0.6 is 0 Å². The van der Waals surface area contributed by atoms with Crippen LogP contribution in [0.4, 0.5) is 11.4 Å². The first kappa shape index (κ1) is 31.5. The molecule has 0 bridgehead atoms. The molecule has 2 N–H and O–H groups in total. The molecule has 45 heavy (non-hydrogen) atoms. The highest BCUT2D eigenvalue weighted by atomic mass is 16.5. The van der Waals surface area contributed by atoms with E-state index in [2.05, 4.69) is 5.32 Å². The van der Waals surface area contributed by atoms with Crippen LogP contribution in [-0.4, -0.2) is 42.0 Å². The third-order valence-electron chi connectivity index (χ3n) is 8.28. The SMILES string of the molecule is O=C(c1ccccc1)c1ccccc1NC(Cc1ccc(OCCCN(C(=O)C2CCCCC2)c2ccccc2)cc1)C(=O)O. The van der Waals surface area contributed by atoms with Crippen LogP contribution in [0, 0.1) is 5.92 Å². The number of nitrogens with zero attached hydrogens (tertiary/aromatic N) is 1. The minimum Gasteiger partial charge on any atom is -0.494 e. The number of carbonyl (C=O) groups is 3. The molecule has 232 valence electrons. The van der Waals surface area contributed by atoms with Gasteiger partial charge in [-0.05, 0) is 61.2 Å². The first-order chi connectivity index (χ1) is 22.0. The number of rotatable bonds is 14. The zero-order chi connectivity index (χ0) is 31.4. The Kier molecular flexibility index (Phi) is 11.0. The molecule has 1 aliphatic carbocycles. The number of hydrogen-bond acceptors (Lipinski definition) is 5. The summed E-state index contributed by atoms with van der Waals surface area (Å²) in [5.41, 5.74) is 3.18. The van der Waals surface area contributed by atoms with E-state index >= 15 is 0 Å². The summed E-state index contributed by atoms with van der Waals surface area (Å²) in [4.78, 5) is 40.6. The van der Waals surface area contributed by atoms with Gasteiger partial charge in [-0.15, -0.1) is 0 Å². The Morgan fingerprint density at radius 3 is 2.13 bits per heavy atom. The zero-order valence-corrected chi connectivity index (χ0v) is 25.4. The van der Waals surface area contributed by atoms with Gasteiger partial charge in [-0.25, -0.2) is 4.79 Å². The summed E-state index contributed by atoms with van der Waals surface area (Å²) in [6.07, 6.45) is 6.26. The number of anilines is 2. The van der Waals surface area contributed by atoms with Crippen LogP contribution in [0.25, 0.3) is 0 Å². The van der Waals surface area contributed by atoms with Crippen LogP contribution in [0.2, 0.25) is 0 Å². The molecule has 5 rings (SSSR count). The Bertz CT molecular complexity index is 1550. The Morgan fingerprint density at radius 2 is 1.44 bits per heavy atom. The molecule has 7 nitrogen and oxygen atoms in total. The standard InChI is InChI=1S/C38H40N2O5/c41-36(29-13-4-1-5-14-29)33-19-10-11-20-34(33)39-35(38(43)44)27-28-21-23-32(24-22-28)45-26-12-25-40(31-17-8-3-9-18-31)37(42)30-15-6-2-7-16-30/h1,3-5,8-11,13-14,17-24,30,35,39H,2,6-7,12,15-16,25-27H2,(H,43,44). The van der Waals surface area contributed by atoms with E-state index in [1.807, 2.05) is 65.6 Å². The molecule has 4 aromatic carbocycles. The molecule has 1 amide bonds. The summed E-state index contributed by atoms with van der Waals surface area (Å²) in [5, 5.41) is 13.1. The van der Waals surface area contributed by atoms with Gasteiger partial charge >= 0.3 is 5.97 Å². The molecule has 1 atom stereocenters. The van der Waals surface area contributed by atoms with E-state index in [9.17, 15) is 19.5 Å². The molecule has 0 aromatic heterocycles. The van der Waals surface area contributed by atoms with E-state index < -0.39 is 12.0 Å². The fourth-order valence-electron chi connectivity index (χ4n) is 5.85. The van der Waals surface area contributed by atoms with E-state index in [0.29, 0.717) is 42.1 Å². The van der Waals surface area contributed by atoms with Crippen LogP contribution < -0.4 is 15.0 Å². The lowest BCUT2D eigenvalue weighted by Crippen LogP contribution is -2.38. The van der Waals surface area contributed by atoms with Gasteiger partial charge in [-0.1, -0.05) is 92.1 Å². The van der Waals surface area contributed by atoms with E-state index in [1.54, 1.807) is 48.5 Å². The average molecular weight is 605 g/mol. The van der Waals surface area contributed by atoms with Gasteiger partial charge in [0.15, 0.2) is 5.78 Å². The normalized spacial score (nSPS) is 13.9. The fourth-order valence-corrected chi connectivity index (χ4v) is 5.85. The van der Waals surface area contributed by atoms with Gasteiger partial charge in [0.2, 0.25) is 5.91 Å². The molecule has 1 fully saturated rings. The predicted octanol–water partition coefficient (Wildman–Crippen LogP) is 7.41. The Labute approximate surface area is 264 Å². The first-order valence-corrected chi connectivity index (χ1v) is 15.8. The van der Waals surface area contributed by atoms with Crippen LogP contribution in [0.5, 0.6) is 5.75 Å². The predicted molar refractivity (Wildman–Crippen MR) is 177 cm³/mol. The van der Waals surface area contributed by atoms with Crippen LogP contribution in [0.15, 0.2) is 109 Å². The Hall–Kier alpha value is -4.91. The van der Waals surface area contributed by atoms with Gasteiger partial charge < -0.3 is 20.1 Å². The first-order valence-electron chi connectivity index (χ1n) is 15.8. The lowest BCUT2D eigenvalue weighted by molar-refractivity contribution is -0.137. The molecule has 1 unspecified atom stereocenters. The molecule has 0 radical (unpaired) electrons. The van der Waals surface area contributed by atoms with E-state index in [4.69, 9.17) is 4.74 Å². The summed E-state index contributed by atoms with van der Waals surface area (Å²) in [7, 11) is 0. The molecular weight excluding hydrogens is 564 g/mol. The average Bonchev–Trinajstić information content (AvgIpc) is 3.09. The second-order valence-corrected chi connectivity index (χ2v) is 11.5. The summed E-state index contributed by atoms with van der Waals surface area (Å²) < 4.78 is 6.00. The van der Waals surface area contributed by atoms with E-state index in [-0.39, 0.29) is 24.0 Å². The number of carboxylic acid groups (broad SMARTS) is 1.